The van der Waals surface area contributed by atoms with Crippen molar-refractivity contribution in [2.75, 3.05) is 23.9 Å². The number of hydrogen-bond acceptors (Lipinski definition) is 6. The third kappa shape index (κ3) is 3.34. The molecule has 0 saturated carbocycles. The Kier molecular flexibility index (Phi) is 4.04. The number of nitrogens with one attached hydrogen (secondary N) is 1. The topological polar surface area (TPSA) is 115 Å². The molecule has 3 N–H and O–H groups in total. The van der Waals surface area contributed by atoms with Gasteiger partial charge in [0.15, 0.2) is 9.84 Å². The molecule has 19 heavy (non-hydrogen) atoms. The minimum Gasteiger partial charge on any atom is -0.393 e. The zero-order valence-electron chi connectivity index (χ0n) is 11.0. The van der Waals surface area contributed by atoms with Crippen LogP contribution in [0.25, 0.3) is 0 Å². The highest BCUT2D eigenvalue weighted by Crippen LogP contribution is 2.31. The number of nitro groups is 1. The Morgan fingerprint density at radius 3 is 2.47 bits per heavy atom. The van der Waals surface area contributed by atoms with Crippen LogP contribution in [-0.4, -0.2) is 30.9 Å². The lowest BCUT2D eigenvalue weighted by atomic mass is 10.2. The SMILES string of the molecule is CC(C)(CNc1cccc(N)c1[N+](=O)[O-])S(C)(=O)=O. The first-order chi connectivity index (χ1) is 8.56. The van der Waals surface area contributed by atoms with Gasteiger partial charge in [-0.05, 0) is 26.0 Å². The van der Waals surface area contributed by atoms with E-state index in [0.29, 0.717) is 0 Å². The second-order valence-corrected chi connectivity index (χ2v) is 7.54. The number of hydrogen-bond donors (Lipinski definition) is 2. The molecule has 0 aliphatic heterocycles. The van der Waals surface area contributed by atoms with Gasteiger partial charge in [0.1, 0.15) is 11.4 Å². The molecule has 0 unspecified atom stereocenters. The van der Waals surface area contributed by atoms with Crippen LogP contribution in [0.15, 0.2) is 18.2 Å². The van der Waals surface area contributed by atoms with Crippen molar-refractivity contribution in [3.63, 3.8) is 0 Å². The fraction of sp³-hybridized carbons (Fsp3) is 0.455. The molecule has 1 rings (SSSR count). The molecular weight excluding hydrogens is 270 g/mol. The van der Waals surface area contributed by atoms with Crippen molar-refractivity contribution in [1.82, 2.24) is 0 Å². The van der Waals surface area contributed by atoms with Crippen LogP contribution in [0.3, 0.4) is 0 Å². The molecule has 1 aromatic carbocycles. The fourth-order valence-electron chi connectivity index (χ4n) is 1.35. The number of nitro benzene ring substituents is 1. The van der Waals surface area contributed by atoms with E-state index in [1.54, 1.807) is 19.9 Å². The van der Waals surface area contributed by atoms with E-state index in [-0.39, 0.29) is 23.6 Å². The third-order valence-electron chi connectivity index (χ3n) is 2.96. The van der Waals surface area contributed by atoms with Gasteiger partial charge in [-0.2, -0.15) is 0 Å². The predicted octanol–water partition coefficient (Wildman–Crippen LogP) is 1.41. The van der Waals surface area contributed by atoms with Crippen LogP contribution in [0.5, 0.6) is 0 Å². The molecule has 0 bridgehead atoms. The number of nitrogen functional groups attached to an aromatic ring is 1. The van der Waals surface area contributed by atoms with Crippen LogP contribution < -0.4 is 11.1 Å². The van der Waals surface area contributed by atoms with Crippen LogP contribution in [-0.2, 0) is 9.84 Å². The van der Waals surface area contributed by atoms with Crippen LogP contribution in [0.4, 0.5) is 17.1 Å². The summed E-state index contributed by atoms with van der Waals surface area (Å²) in [6.45, 7) is 3.15. The molecular formula is C11H17N3O4S. The molecule has 7 nitrogen and oxygen atoms in total. The molecule has 0 atom stereocenters. The van der Waals surface area contributed by atoms with E-state index in [1.807, 2.05) is 0 Å². The summed E-state index contributed by atoms with van der Waals surface area (Å²) in [6.07, 6.45) is 1.13. The predicted molar refractivity (Wildman–Crippen MR) is 74.9 cm³/mol. The van der Waals surface area contributed by atoms with E-state index in [9.17, 15) is 18.5 Å². The largest absolute Gasteiger partial charge is 0.393 e. The summed E-state index contributed by atoms with van der Waals surface area (Å²) in [6, 6.07) is 4.48. The van der Waals surface area contributed by atoms with Gasteiger partial charge in [-0.1, -0.05) is 6.07 Å². The number of benzene rings is 1. The van der Waals surface area contributed by atoms with E-state index >= 15 is 0 Å². The standard InChI is InChI=1S/C11H17N3O4S/c1-11(2,19(3,17)18)7-13-9-6-4-5-8(12)10(9)14(15)16/h4-6,13H,7,12H2,1-3H3. The van der Waals surface area contributed by atoms with Gasteiger partial charge in [0.05, 0.1) is 9.67 Å². The Morgan fingerprint density at radius 2 is 2.00 bits per heavy atom. The highest BCUT2D eigenvalue weighted by atomic mass is 32.2. The van der Waals surface area contributed by atoms with Gasteiger partial charge < -0.3 is 11.1 Å². The number of nitrogens with two attached hydrogens (primary N) is 1. The molecule has 0 saturated heterocycles. The minimum atomic E-state index is -3.28. The maximum atomic E-state index is 11.6. The van der Waals surface area contributed by atoms with Gasteiger partial charge >= 0.3 is 5.69 Å². The van der Waals surface area contributed by atoms with Gasteiger partial charge in [-0.15, -0.1) is 0 Å². The molecule has 0 aromatic heterocycles. The summed E-state index contributed by atoms with van der Waals surface area (Å²) in [5, 5.41) is 13.7. The lowest BCUT2D eigenvalue weighted by molar-refractivity contribution is -0.383. The Balaban J connectivity index is 3.03. The van der Waals surface area contributed by atoms with Crippen LogP contribution >= 0.6 is 0 Å². The summed E-state index contributed by atoms with van der Waals surface area (Å²) < 4.78 is 22.1. The highest BCUT2D eigenvalue weighted by molar-refractivity contribution is 7.92. The van der Waals surface area contributed by atoms with E-state index in [0.717, 1.165) is 6.26 Å². The molecule has 0 aliphatic rings. The van der Waals surface area contributed by atoms with Gasteiger partial charge in [0.25, 0.3) is 0 Å². The van der Waals surface area contributed by atoms with E-state index in [1.165, 1.54) is 12.1 Å². The summed E-state index contributed by atoms with van der Waals surface area (Å²) in [5.74, 6) is 0. The summed E-state index contributed by atoms with van der Waals surface area (Å²) in [7, 11) is -3.28. The van der Waals surface area contributed by atoms with Crippen molar-refractivity contribution in [3.05, 3.63) is 28.3 Å². The molecule has 0 fully saturated rings. The smallest absolute Gasteiger partial charge is 0.314 e. The number of sulfone groups is 1. The zero-order chi connectivity index (χ0) is 14.8. The second-order valence-electron chi connectivity index (χ2n) is 4.89. The van der Waals surface area contributed by atoms with Crippen LogP contribution in [0, 0.1) is 10.1 Å². The van der Waals surface area contributed by atoms with Crippen molar-refractivity contribution in [1.29, 1.82) is 0 Å². The lowest BCUT2D eigenvalue weighted by Gasteiger charge is -2.23. The van der Waals surface area contributed by atoms with Crippen molar-refractivity contribution < 1.29 is 13.3 Å². The third-order valence-corrected chi connectivity index (χ3v) is 5.11. The van der Waals surface area contributed by atoms with E-state index in [4.69, 9.17) is 5.73 Å². The molecule has 106 valence electrons. The van der Waals surface area contributed by atoms with Crippen LogP contribution in [0.1, 0.15) is 13.8 Å². The van der Waals surface area contributed by atoms with E-state index < -0.39 is 19.5 Å². The number of rotatable bonds is 5. The monoisotopic (exact) mass is 287 g/mol. The fourth-order valence-corrected chi connectivity index (χ4v) is 1.68. The first-order valence-corrected chi connectivity index (χ1v) is 7.42. The summed E-state index contributed by atoms with van der Waals surface area (Å²) in [5.41, 5.74) is 5.55. The highest BCUT2D eigenvalue weighted by Gasteiger charge is 2.30. The lowest BCUT2D eigenvalue weighted by Crippen LogP contribution is -2.38. The molecule has 0 aliphatic carbocycles. The molecule has 8 heteroatoms. The van der Waals surface area contributed by atoms with Gasteiger partial charge in [-0.25, -0.2) is 8.42 Å². The van der Waals surface area contributed by atoms with Crippen molar-refractivity contribution in [3.8, 4) is 0 Å². The molecule has 0 heterocycles. The Morgan fingerprint density at radius 1 is 1.42 bits per heavy atom. The summed E-state index contributed by atoms with van der Waals surface area (Å²) >= 11 is 0. The number of anilines is 2. The van der Waals surface area contributed by atoms with E-state index in [2.05, 4.69) is 5.32 Å². The first-order valence-electron chi connectivity index (χ1n) is 5.52. The Hall–Kier alpha value is -1.83. The second kappa shape index (κ2) is 5.04. The quantitative estimate of drug-likeness (QED) is 0.480. The average molecular weight is 287 g/mol. The summed E-state index contributed by atoms with van der Waals surface area (Å²) in [4.78, 5) is 10.3. The molecule has 1 aromatic rings. The number of para-hydroxylation sites is 1. The Bertz CT molecular complexity index is 596. The van der Waals surface area contributed by atoms with Gasteiger partial charge in [0, 0.05) is 12.8 Å². The maximum absolute atomic E-state index is 11.6. The number of nitrogens with zero attached hydrogens (tertiary/aromatic N) is 1. The van der Waals surface area contributed by atoms with Crippen molar-refractivity contribution in [2.45, 2.75) is 18.6 Å². The molecule has 0 amide bonds. The van der Waals surface area contributed by atoms with Gasteiger partial charge in [0.2, 0.25) is 0 Å². The van der Waals surface area contributed by atoms with Crippen LogP contribution in [0.2, 0.25) is 0 Å². The minimum absolute atomic E-state index is 0.0344. The molecule has 0 spiro atoms. The molecule has 0 radical (unpaired) electrons. The van der Waals surface area contributed by atoms with Crippen molar-refractivity contribution in [2.24, 2.45) is 0 Å². The zero-order valence-corrected chi connectivity index (χ0v) is 11.8. The normalized spacial score (nSPS) is 12.2. The van der Waals surface area contributed by atoms with Crippen molar-refractivity contribution >= 4 is 26.9 Å². The maximum Gasteiger partial charge on any atom is 0.314 e. The first kappa shape index (κ1) is 15.2. The Labute approximate surface area is 111 Å². The average Bonchev–Trinajstić information content (AvgIpc) is 2.24. The van der Waals surface area contributed by atoms with Gasteiger partial charge in [-0.3, -0.25) is 10.1 Å².